The van der Waals surface area contributed by atoms with Crippen molar-refractivity contribution in [3.05, 3.63) is 60.7 Å². The Kier molecular flexibility index (Phi) is 3.90. The summed E-state index contributed by atoms with van der Waals surface area (Å²) in [6, 6.07) is 21.0. The second-order valence-corrected chi connectivity index (χ2v) is 7.31. The van der Waals surface area contributed by atoms with E-state index in [4.69, 9.17) is 4.12 Å². The standard InChI is InChI=1S/C12H14OSi2/c1-3-7-11(8-4-1)14-13-15-12-9-5-2-6-10-12/h1-10H,14-15H2. The van der Waals surface area contributed by atoms with E-state index in [1.54, 1.807) is 0 Å². The van der Waals surface area contributed by atoms with E-state index in [0.717, 1.165) is 0 Å². The molecule has 0 heterocycles. The second-order valence-electron chi connectivity index (χ2n) is 3.46. The zero-order valence-corrected chi connectivity index (χ0v) is 11.4. The predicted molar refractivity (Wildman–Crippen MR) is 70.3 cm³/mol. The molecule has 0 saturated heterocycles. The maximum Gasteiger partial charge on any atom is 0.178 e. The summed E-state index contributed by atoms with van der Waals surface area (Å²) in [4.78, 5) is 0. The fourth-order valence-electron chi connectivity index (χ4n) is 1.44. The summed E-state index contributed by atoms with van der Waals surface area (Å²) in [7, 11) is -0.987. The highest BCUT2D eigenvalue weighted by molar-refractivity contribution is 6.60. The monoisotopic (exact) mass is 230 g/mol. The Morgan fingerprint density at radius 3 is 1.40 bits per heavy atom. The Morgan fingerprint density at radius 1 is 0.600 bits per heavy atom. The van der Waals surface area contributed by atoms with Crippen LogP contribution in [0.25, 0.3) is 0 Å². The second kappa shape index (κ2) is 5.65. The van der Waals surface area contributed by atoms with E-state index in [0.29, 0.717) is 0 Å². The first-order valence-corrected chi connectivity index (χ1v) is 7.67. The van der Waals surface area contributed by atoms with Crippen molar-refractivity contribution in [3.63, 3.8) is 0 Å². The highest BCUT2D eigenvalue weighted by Gasteiger charge is 1.94. The molecule has 0 spiro atoms. The van der Waals surface area contributed by atoms with Gasteiger partial charge < -0.3 is 4.12 Å². The Morgan fingerprint density at radius 2 is 1.00 bits per heavy atom. The lowest BCUT2D eigenvalue weighted by Crippen LogP contribution is -2.25. The SMILES string of the molecule is c1ccc([SiH2]O[SiH2]c2ccccc2)cc1. The molecule has 0 N–H and O–H groups in total. The average molecular weight is 230 g/mol. The first-order chi connectivity index (χ1) is 7.45. The molecule has 0 radical (unpaired) electrons. The summed E-state index contributed by atoms with van der Waals surface area (Å²) in [5, 5.41) is 2.78. The molecule has 0 aliphatic rings. The smallest absolute Gasteiger partial charge is 0.178 e. The number of hydrogen-bond acceptors (Lipinski definition) is 1. The lowest BCUT2D eigenvalue weighted by atomic mass is 10.4. The number of hydrogen-bond donors (Lipinski definition) is 0. The van der Waals surface area contributed by atoms with Crippen LogP contribution in [-0.2, 0) is 4.12 Å². The van der Waals surface area contributed by atoms with E-state index in [1.165, 1.54) is 10.4 Å². The molecule has 0 aromatic heterocycles. The normalized spacial score (nSPS) is 11.7. The van der Waals surface area contributed by atoms with E-state index in [2.05, 4.69) is 48.5 Å². The minimum Gasteiger partial charge on any atom is -0.458 e. The van der Waals surface area contributed by atoms with Crippen LogP contribution in [0.15, 0.2) is 60.7 Å². The third-order valence-electron chi connectivity index (χ3n) is 2.22. The molecular weight excluding hydrogens is 216 g/mol. The van der Waals surface area contributed by atoms with Gasteiger partial charge in [0.25, 0.3) is 0 Å². The lowest BCUT2D eigenvalue weighted by Gasteiger charge is -2.03. The van der Waals surface area contributed by atoms with Crippen LogP contribution in [0.3, 0.4) is 0 Å². The molecule has 1 nitrogen and oxygen atoms in total. The molecule has 76 valence electrons. The van der Waals surface area contributed by atoms with Crippen molar-refractivity contribution in [2.75, 3.05) is 0 Å². The van der Waals surface area contributed by atoms with Crippen molar-refractivity contribution in [2.45, 2.75) is 0 Å². The van der Waals surface area contributed by atoms with Gasteiger partial charge in [0.2, 0.25) is 0 Å². The quantitative estimate of drug-likeness (QED) is 0.662. The van der Waals surface area contributed by atoms with E-state index in [9.17, 15) is 0 Å². The molecule has 0 unspecified atom stereocenters. The number of rotatable bonds is 4. The topological polar surface area (TPSA) is 9.23 Å². The van der Waals surface area contributed by atoms with Gasteiger partial charge in [-0.1, -0.05) is 60.7 Å². The molecule has 15 heavy (non-hydrogen) atoms. The van der Waals surface area contributed by atoms with Gasteiger partial charge in [-0.2, -0.15) is 0 Å². The Labute approximate surface area is 95.0 Å². The van der Waals surface area contributed by atoms with Crippen LogP contribution in [0.4, 0.5) is 0 Å². The van der Waals surface area contributed by atoms with Crippen LogP contribution >= 0.6 is 0 Å². The zero-order valence-electron chi connectivity index (χ0n) is 8.60. The van der Waals surface area contributed by atoms with Crippen molar-refractivity contribution in [2.24, 2.45) is 0 Å². The summed E-state index contributed by atoms with van der Waals surface area (Å²) in [5.41, 5.74) is 0. The van der Waals surface area contributed by atoms with Crippen LogP contribution in [-0.4, -0.2) is 19.5 Å². The van der Waals surface area contributed by atoms with Crippen molar-refractivity contribution < 1.29 is 4.12 Å². The van der Waals surface area contributed by atoms with Gasteiger partial charge in [0.15, 0.2) is 19.5 Å². The predicted octanol–water partition coefficient (Wildman–Crippen LogP) is -0.178. The summed E-state index contributed by atoms with van der Waals surface area (Å²) >= 11 is 0. The van der Waals surface area contributed by atoms with Gasteiger partial charge in [-0.25, -0.2) is 0 Å². The minimum atomic E-state index is -0.494. The van der Waals surface area contributed by atoms with Crippen molar-refractivity contribution in [3.8, 4) is 0 Å². The van der Waals surface area contributed by atoms with Crippen molar-refractivity contribution in [1.29, 1.82) is 0 Å². The molecule has 0 fully saturated rings. The molecule has 0 saturated carbocycles. The van der Waals surface area contributed by atoms with E-state index >= 15 is 0 Å². The molecular formula is C12H14OSi2. The third kappa shape index (κ3) is 3.47. The van der Waals surface area contributed by atoms with E-state index < -0.39 is 19.5 Å². The highest BCUT2D eigenvalue weighted by atomic mass is 28.3. The van der Waals surface area contributed by atoms with Gasteiger partial charge in [0, 0.05) is 0 Å². The molecule has 0 atom stereocenters. The molecule has 2 aromatic rings. The Balaban J connectivity index is 1.81. The first kappa shape index (κ1) is 10.4. The molecule has 0 aliphatic carbocycles. The summed E-state index contributed by atoms with van der Waals surface area (Å²) < 4.78 is 5.88. The third-order valence-corrected chi connectivity index (χ3v) is 5.47. The van der Waals surface area contributed by atoms with Gasteiger partial charge in [-0.3, -0.25) is 0 Å². The van der Waals surface area contributed by atoms with Crippen molar-refractivity contribution >= 4 is 29.9 Å². The van der Waals surface area contributed by atoms with Gasteiger partial charge in [-0.05, 0) is 10.4 Å². The number of benzene rings is 2. The lowest BCUT2D eigenvalue weighted by molar-refractivity contribution is 0.663. The Bertz CT molecular complexity index is 349. The van der Waals surface area contributed by atoms with Crippen LogP contribution in [0.5, 0.6) is 0 Å². The molecule has 0 aliphatic heterocycles. The summed E-state index contributed by atoms with van der Waals surface area (Å²) in [6.07, 6.45) is 0. The Hall–Kier alpha value is -1.17. The fourth-order valence-corrected chi connectivity index (χ4v) is 4.66. The first-order valence-electron chi connectivity index (χ1n) is 5.11. The largest absolute Gasteiger partial charge is 0.458 e. The molecule has 2 aromatic carbocycles. The summed E-state index contributed by atoms with van der Waals surface area (Å²) in [5.74, 6) is 0. The molecule has 3 heteroatoms. The average Bonchev–Trinajstić information content (AvgIpc) is 2.32. The maximum atomic E-state index is 5.88. The van der Waals surface area contributed by atoms with Crippen LogP contribution in [0.1, 0.15) is 0 Å². The molecule has 0 bridgehead atoms. The van der Waals surface area contributed by atoms with Gasteiger partial charge in [0.1, 0.15) is 0 Å². The van der Waals surface area contributed by atoms with Gasteiger partial charge in [-0.15, -0.1) is 0 Å². The van der Waals surface area contributed by atoms with E-state index in [-0.39, 0.29) is 0 Å². The van der Waals surface area contributed by atoms with Crippen LogP contribution < -0.4 is 10.4 Å². The molecule has 2 rings (SSSR count). The van der Waals surface area contributed by atoms with E-state index in [1.807, 2.05) is 12.1 Å². The molecule has 0 amide bonds. The van der Waals surface area contributed by atoms with Gasteiger partial charge >= 0.3 is 0 Å². The minimum absolute atomic E-state index is 0.494. The van der Waals surface area contributed by atoms with Crippen LogP contribution in [0.2, 0.25) is 0 Å². The zero-order chi connectivity index (χ0) is 10.3. The maximum absolute atomic E-state index is 5.88. The summed E-state index contributed by atoms with van der Waals surface area (Å²) in [6.45, 7) is 0. The fraction of sp³-hybridized carbons (Fsp3) is 0. The highest BCUT2D eigenvalue weighted by Crippen LogP contribution is 1.83. The van der Waals surface area contributed by atoms with Gasteiger partial charge in [0.05, 0.1) is 0 Å². The van der Waals surface area contributed by atoms with Crippen molar-refractivity contribution in [1.82, 2.24) is 0 Å². The van der Waals surface area contributed by atoms with Crippen LogP contribution in [0, 0.1) is 0 Å².